The van der Waals surface area contributed by atoms with Crippen molar-refractivity contribution < 1.29 is 8.42 Å². The second kappa shape index (κ2) is 7.71. The van der Waals surface area contributed by atoms with E-state index in [1.807, 2.05) is 23.6 Å². The number of nitrogens with one attached hydrogen (secondary N) is 2. The lowest BCUT2D eigenvalue weighted by Gasteiger charge is -2.56. The molecule has 4 bridgehead atoms. The summed E-state index contributed by atoms with van der Waals surface area (Å²) in [7, 11) is -3.75. The van der Waals surface area contributed by atoms with Crippen LogP contribution < -0.4 is 4.72 Å². The van der Waals surface area contributed by atoms with Gasteiger partial charge in [0.05, 0.1) is 4.90 Å². The summed E-state index contributed by atoms with van der Waals surface area (Å²) in [5, 5.41) is 16.7. The first-order valence-corrected chi connectivity index (χ1v) is 14.2. The van der Waals surface area contributed by atoms with Gasteiger partial charge in [0.25, 0.3) is 10.0 Å². The molecule has 1 aromatic carbocycles. The molecular weight excluding hydrogens is 476 g/mol. The largest absolute Gasteiger partial charge is 0.272 e. The van der Waals surface area contributed by atoms with E-state index < -0.39 is 10.0 Å². The summed E-state index contributed by atoms with van der Waals surface area (Å²) < 4.78 is 30.8. The molecule has 4 aliphatic rings. The van der Waals surface area contributed by atoms with Crippen molar-refractivity contribution in [1.29, 1.82) is 0 Å². The lowest BCUT2D eigenvalue weighted by Crippen LogP contribution is -2.49. The predicted octanol–water partition coefficient (Wildman–Crippen LogP) is 4.61. The second-order valence-electron chi connectivity index (χ2n) is 9.84. The molecule has 2 N–H and O–H groups in total. The molecule has 4 aliphatic carbocycles. The van der Waals surface area contributed by atoms with Gasteiger partial charge < -0.3 is 0 Å². The van der Waals surface area contributed by atoms with Crippen LogP contribution in [0.25, 0.3) is 5.69 Å². The van der Waals surface area contributed by atoms with E-state index >= 15 is 0 Å². The molecule has 2 aromatic heterocycles. The molecule has 0 atom stereocenters. The Kier molecular flexibility index (Phi) is 5.00. The molecule has 0 unspecified atom stereocenters. The maximum Gasteiger partial charge on any atom is 0.263 e. The number of aromatic nitrogens is 5. The molecule has 0 saturated heterocycles. The highest BCUT2D eigenvalue weighted by molar-refractivity contribution is 7.93. The minimum Gasteiger partial charge on any atom is -0.272 e. The molecule has 2 heterocycles. The van der Waals surface area contributed by atoms with E-state index in [0.717, 1.165) is 34.3 Å². The first-order valence-electron chi connectivity index (χ1n) is 11.5. The zero-order valence-corrected chi connectivity index (χ0v) is 20.8. The monoisotopic (exact) mass is 502 g/mol. The molecule has 3 aromatic rings. The molecule has 174 valence electrons. The fourth-order valence-electron chi connectivity index (χ4n) is 6.66. The van der Waals surface area contributed by atoms with Crippen LogP contribution in [-0.2, 0) is 21.9 Å². The van der Waals surface area contributed by atoms with Crippen molar-refractivity contribution in [2.45, 2.75) is 62.2 Å². The van der Waals surface area contributed by atoms with Crippen molar-refractivity contribution in [1.82, 2.24) is 25.0 Å². The predicted molar refractivity (Wildman–Crippen MR) is 129 cm³/mol. The van der Waals surface area contributed by atoms with Crippen LogP contribution >= 0.6 is 23.6 Å². The summed E-state index contributed by atoms with van der Waals surface area (Å²) in [5.41, 5.74) is 0.909. The summed E-state index contributed by atoms with van der Waals surface area (Å²) in [4.78, 5) is 0.172. The molecular formula is C22H26N6O2S3. The standard InChI is InChI=1S/C22H26N6O2S3/c1-2-18-23-25-20(32-18)27-33(29,30)17-5-3-16(4-6-17)28-19(24-26-21(28)31)22-10-13-7-14(11-22)9-15(8-13)12-22/h3-6,13-15H,2,7-12H2,1H3,(H,25,27)(H,26,31). The minimum atomic E-state index is -3.75. The molecule has 7 rings (SSSR count). The van der Waals surface area contributed by atoms with Gasteiger partial charge in [-0.1, -0.05) is 18.3 Å². The average molecular weight is 503 g/mol. The van der Waals surface area contributed by atoms with Crippen molar-refractivity contribution in [3.8, 4) is 5.69 Å². The first kappa shape index (κ1) is 21.4. The van der Waals surface area contributed by atoms with E-state index in [1.54, 1.807) is 12.1 Å². The van der Waals surface area contributed by atoms with Crippen LogP contribution in [-0.4, -0.2) is 33.4 Å². The van der Waals surface area contributed by atoms with Crippen molar-refractivity contribution >= 4 is 38.7 Å². The van der Waals surface area contributed by atoms with E-state index in [1.165, 1.54) is 49.9 Å². The number of nitrogens with zero attached hydrogens (tertiary/aromatic N) is 4. The van der Waals surface area contributed by atoms with Gasteiger partial charge in [0.15, 0.2) is 4.77 Å². The number of benzene rings is 1. The summed E-state index contributed by atoms with van der Waals surface area (Å²) in [6.07, 6.45) is 8.32. The van der Waals surface area contributed by atoms with Gasteiger partial charge in [0, 0.05) is 11.1 Å². The van der Waals surface area contributed by atoms with Gasteiger partial charge in [0.1, 0.15) is 10.8 Å². The topological polar surface area (TPSA) is 106 Å². The van der Waals surface area contributed by atoms with Crippen LogP contribution in [0, 0.1) is 22.5 Å². The average Bonchev–Trinajstić information content (AvgIpc) is 3.39. The Morgan fingerprint density at radius 2 is 1.76 bits per heavy atom. The van der Waals surface area contributed by atoms with Gasteiger partial charge >= 0.3 is 0 Å². The zero-order chi connectivity index (χ0) is 22.8. The third-order valence-corrected chi connectivity index (χ3v) is 10.3. The minimum absolute atomic E-state index is 0.0729. The van der Waals surface area contributed by atoms with Crippen LogP contribution in [0.1, 0.15) is 56.3 Å². The Balaban J connectivity index is 1.31. The maximum absolute atomic E-state index is 12.8. The van der Waals surface area contributed by atoms with Crippen LogP contribution in [0.3, 0.4) is 0 Å². The summed E-state index contributed by atoms with van der Waals surface area (Å²) in [5.74, 6) is 3.40. The van der Waals surface area contributed by atoms with Crippen LogP contribution in [0.4, 0.5) is 5.13 Å². The van der Waals surface area contributed by atoms with Gasteiger partial charge in [-0.25, -0.2) is 8.42 Å². The molecule has 4 saturated carbocycles. The highest BCUT2D eigenvalue weighted by atomic mass is 32.2. The van der Waals surface area contributed by atoms with E-state index in [9.17, 15) is 8.42 Å². The van der Waals surface area contributed by atoms with Crippen molar-refractivity contribution in [2.24, 2.45) is 17.8 Å². The van der Waals surface area contributed by atoms with Crippen molar-refractivity contribution in [3.05, 3.63) is 39.9 Å². The van der Waals surface area contributed by atoms with E-state index in [4.69, 9.17) is 17.3 Å². The van der Waals surface area contributed by atoms with Crippen LogP contribution in [0.15, 0.2) is 29.2 Å². The number of rotatable bonds is 6. The van der Waals surface area contributed by atoms with Gasteiger partial charge in [-0.2, -0.15) is 5.10 Å². The van der Waals surface area contributed by atoms with Gasteiger partial charge in [-0.3, -0.25) is 14.4 Å². The van der Waals surface area contributed by atoms with E-state index in [0.29, 0.717) is 11.2 Å². The quantitative estimate of drug-likeness (QED) is 0.477. The molecule has 0 radical (unpaired) electrons. The molecule has 8 nitrogen and oxygen atoms in total. The third-order valence-electron chi connectivity index (χ3n) is 7.58. The lowest BCUT2D eigenvalue weighted by atomic mass is 9.49. The third kappa shape index (κ3) is 3.64. The molecule has 11 heteroatoms. The van der Waals surface area contributed by atoms with Gasteiger partial charge in [-0.05, 0) is 99.2 Å². The number of aryl methyl sites for hydroxylation is 1. The Labute approximate surface area is 201 Å². The van der Waals surface area contributed by atoms with Crippen molar-refractivity contribution in [2.75, 3.05) is 4.72 Å². The zero-order valence-electron chi connectivity index (χ0n) is 18.3. The molecule has 0 spiro atoms. The number of anilines is 1. The summed E-state index contributed by atoms with van der Waals surface area (Å²) >= 11 is 6.86. The summed E-state index contributed by atoms with van der Waals surface area (Å²) in [6.45, 7) is 1.95. The maximum atomic E-state index is 12.8. The molecule has 4 fully saturated rings. The highest BCUT2D eigenvalue weighted by Gasteiger charge is 2.53. The molecule has 0 aliphatic heterocycles. The van der Waals surface area contributed by atoms with E-state index in [-0.39, 0.29) is 15.4 Å². The Bertz CT molecular complexity index is 1320. The molecule has 33 heavy (non-hydrogen) atoms. The summed E-state index contributed by atoms with van der Waals surface area (Å²) in [6, 6.07) is 6.83. The van der Waals surface area contributed by atoms with Crippen molar-refractivity contribution in [3.63, 3.8) is 0 Å². The Hall–Kier alpha value is -2.11. The fourth-order valence-corrected chi connectivity index (χ4v) is 8.81. The normalized spacial score (nSPS) is 28.3. The molecule has 0 amide bonds. The van der Waals surface area contributed by atoms with Crippen LogP contribution in [0.2, 0.25) is 0 Å². The number of hydrogen-bond acceptors (Lipinski definition) is 7. The Morgan fingerprint density at radius 1 is 1.12 bits per heavy atom. The van der Waals surface area contributed by atoms with Gasteiger partial charge in [0.2, 0.25) is 5.13 Å². The Morgan fingerprint density at radius 3 is 2.33 bits per heavy atom. The second-order valence-corrected chi connectivity index (χ2v) is 13.0. The van der Waals surface area contributed by atoms with E-state index in [2.05, 4.69) is 20.0 Å². The van der Waals surface area contributed by atoms with Gasteiger partial charge in [-0.15, -0.1) is 10.2 Å². The fraction of sp³-hybridized carbons (Fsp3) is 0.545. The van der Waals surface area contributed by atoms with Crippen LogP contribution in [0.5, 0.6) is 0 Å². The first-order chi connectivity index (χ1) is 15.8. The lowest BCUT2D eigenvalue weighted by molar-refractivity contribution is -0.0102. The SMILES string of the molecule is CCc1nnc(NS(=O)(=O)c2ccc(-n3c(C45CC6CC(CC(C6)C4)C5)n[nH]c3=S)cc2)s1. The number of H-pyrrole nitrogens is 1. The number of hydrogen-bond donors (Lipinski definition) is 2. The number of sulfonamides is 1. The highest BCUT2D eigenvalue weighted by Crippen LogP contribution is 2.60. The smallest absolute Gasteiger partial charge is 0.263 e. The number of aromatic amines is 1.